The smallest absolute Gasteiger partial charge is 0.238 e. The molecule has 0 bridgehead atoms. The first kappa shape index (κ1) is 14.8. The molecular formula is C14H28N4O. The Morgan fingerprint density at radius 3 is 2.74 bits per heavy atom. The van der Waals surface area contributed by atoms with Gasteiger partial charge in [-0.1, -0.05) is 13.3 Å². The molecule has 2 rings (SSSR count). The molecule has 5 heteroatoms. The summed E-state index contributed by atoms with van der Waals surface area (Å²) < 4.78 is 0. The lowest BCUT2D eigenvalue weighted by Crippen LogP contribution is -2.62. The van der Waals surface area contributed by atoms with Gasteiger partial charge in [-0.3, -0.25) is 20.0 Å². The van der Waals surface area contributed by atoms with Crippen LogP contribution >= 0.6 is 0 Å². The van der Waals surface area contributed by atoms with E-state index in [2.05, 4.69) is 29.1 Å². The molecule has 0 aromatic rings. The second-order valence-electron chi connectivity index (χ2n) is 6.23. The lowest BCUT2D eigenvalue weighted by Gasteiger charge is -2.50. The third-order valence-electron chi connectivity index (χ3n) is 5.04. The van der Waals surface area contributed by atoms with Crippen molar-refractivity contribution in [1.82, 2.24) is 15.2 Å². The van der Waals surface area contributed by atoms with Crippen LogP contribution in [-0.2, 0) is 4.79 Å². The van der Waals surface area contributed by atoms with E-state index in [1.807, 2.05) is 6.92 Å². The number of amides is 1. The van der Waals surface area contributed by atoms with Gasteiger partial charge < -0.3 is 0 Å². The predicted molar refractivity (Wildman–Crippen MR) is 76.3 cm³/mol. The molecule has 4 unspecified atom stereocenters. The summed E-state index contributed by atoms with van der Waals surface area (Å²) in [4.78, 5) is 16.8. The van der Waals surface area contributed by atoms with E-state index in [1.54, 1.807) is 0 Å². The van der Waals surface area contributed by atoms with Crippen LogP contribution in [0.5, 0.6) is 0 Å². The number of carbonyl (C=O) groups is 1. The molecule has 0 spiro atoms. The molecule has 2 saturated heterocycles. The van der Waals surface area contributed by atoms with Gasteiger partial charge in [-0.15, -0.1) is 0 Å². The standard InChI is InChI=1S/C14H28N4O/c1-10-8-17-7-5-4-6-13(17)9-18(10)12(3)11(2)14(19)16-15/h10-13H,4-9,15H2,1-3H3,(H,16,19). The second-order valence-corrected chi connectivity index (χ2v) is 6.23. The van der Waals surface area contributed by atoms with E-state index in [-0.39, 0.29) is 17.9 Å². The molecule has 0 aliphatic carbocycles. The summed E-state index contributed by atoms with van der Waals surface area (Å²) >= 11 is 0. The van der Waals surface area contributed by atoms with Gasteiger partial charge in [-0.25, -0.2) is 5.84 Å². The maximum absolute atomic E-state index is 11.7. The third kappa shape index (κ3) is 3.09. The number of nitrogens with two attached hydrogens (primary N) is 1. The highest BCUT2D eigenvalue weighted by atomic mass is 16.2. The number of nitrogens with zero attached hydrogens (tertiary/aromatic N) is 2. The molecule has 0 radical (unpaired) electrons. The van der Waals surface area contributed by atoms with Gasteiger partial charge in [0.25, 0.3) is 0 Å². The number of piperidine rings is 1. The minimum atomic E-state index is -0.0670. The van der Waals surface area contributed by atoms with Crippen LogP contribution < -0.4 is 11.3 Å². The Morgan fingerprint density at radius 1 is 1.32 bits per heavy atom. The fraction of sp³-hybridized carbons (Fsp3) is 0.929. The van der Waals surface area contributed by atoms with Gasteiger partial charge in [0.2, 0.25) is 5.91 Å². The van der Waals surface area contributed by atoms with Gasteiger partial charge in [0.1, 0.15) is 0 Å². The Morgan fingerprint density at radius 2 is 2.05 bits per heavy atom. The van der Waals surface area contributed by atoms with Crippen LogP contribution in [0.4, 0.5) is 0 Å². The highest BCUT2D eigenvalue weighted by molar-refractivity contribution is 5.78. The van der Waals surface area contributed by atoms with Crippen LogP contribution in [-0.4, -0.2) is 53.5 Å². The summed E-state index contributed by atoms with van der Waals surface area (Å²) in [5.74, 6) is 5.12. The Bertz CT molecular complexity index is 323. The number of hydrogen-bond donors (Lipinski definition) is 2. The molecule has 2 heterocycles. The Labute approximate surface area is 116 Å². The van der Waals surface area contributed by atoms with Crippen molar-refractivity contribution in [3.63, 3.8) is 0 Å². The second kappa shape index (κ2) is 6.20. The molecule has 0 aromatic heterocycles. The van der Waals surface area contributed by atoms with Crippen molar-refractivity contribution in [3.05, 3.63) is 0 Å². The summed E-state index contributed by atoms with van der Waals surface area (Å²) in [7, 11) is 0. The first-order valence-corrected chi connectivity index (χ1v) is 7.54. The molecule has 1 amide bonds. The van der Waals surface area contributed by atoms with Gasteiger partial charge in [0.15, 0.2) is 0 Å². The van der Waals surface area contributed by atoms with Crippen molar-refractivity contribution >= 4 is 5.91 Å². The molecule has 5 nitrogen and oxygen atoms in total. The van der Waals surface area contributed by atoms with Crippen molar-refractivity contribution in [3.8, 4) is 0 Å². The Hall–Kier alpha value is -0.650. The van der Waals surface area contributed by atoms with Crippen molar-refractivity contribution in [2.24, 2.45) is 11.8 Å². The molecule has 110 valence electrons. The molecule has 4 atom stereocenters. The zero-order valence-corrected chi connectivity index (χ0v) is 12.4. The third-order valence-corrected chi connectivity index (χ3v) is 5.04. The van der Waals surface area contributed by atoms with Crippen molar-refractivity contribution < 1.29 is 4.79 Å². The number of hydrazine groups is 1. The summed E-state index contributed by atoms with van der Waals surface area (Å²) in [6.07, 6.45) is 3.98. The molecule has 19 heavy (non-hydrogen) atoms. The number of piperazine rings is 1. The van der Waals surface area contributed by atoms with Crippen LogP contribution in [0.3, 0.4) is 0 Å². The number of nitrogens with one attached hydrogen (secondary N) is 1. The average Bonchev–Trinajstić information content (AvgIpc) is 2.44. The lowest BCUT2D eigenvalue weighted by molar-refractivity contribution is -0.127. The highest BCUT2D eigenvalue weighted by Gasteiger charge is 2.37. The Kier molecular flexibility index (Phi) is 4.81. The van der Waals surface area contributed by atoms with Gasteiger partial charge >= 0.3 is 0 Å². The number of rotatable bonds is 3. The molecule has 2 aliphatic heterocycles. The summed E-state index contributed by atoms with van der Waals surface area (Å²) in [5, 5.41) is 0. The minimum Gasteiger partial charge on any atom is -0.298 e. The minimum absolute atomic E-state index is 0.0641. The molecule has 3 N–H and O–H groups in total. The normalized spacial score (nSPS) is 32.4. The van der Waals surface area contributed by atoms with Gasteiger partial charge in [0.05, 0.1) is 5.92 Å². The maximum Gasteiger partial charge on any atom is 0.238 e. The zero-order chi connectivity index (χ0) is 14.0. The van der Waals surface area contributed by atoms with Crippen LogP contribution in [0.15, 0.2) is 0 Å². The van der Waals surface area contributed by atoms with Crippen LogP contribution in [0, 0.1) is 5.92 Å². The summed E-state index contributed by atoms with van der Waals surface area (Å²) in [6, 6.07) is 1.43. The van der Waals surface area contributed by atoms with E-state index in [9.17, 15) is 4.79 Å². The van der Waals surface area contributed by atoms with E-state index in [0.717, 1.165) is 13.1 Å². The fourth-order valence-corrected chi connectivity index (χ4v) is 3.58. The number of carbonyl (C=O) groups excluding carboxylic acids is 1. The predicted octanol–water partition coefficient (Wildman–Crippen LogP) is 0.560. The Balaban J connectivity index is 2.01. The van der Waals surface area contributed by atoms with Crippen LogP contribution in [0.25, 0.3) is 0 Å². The molecule has 2 aliphatic rings. The lowest BCUT2D eigenvalue weighted by atomic mass is 9.93. The van der Waals surface area contributed by atoms with Crippen LogP contribution in [0.2, 0.25) is 0 Å². The largest absolute Gasteiger partial charge is 0.298 e. The van der Waals surface area contributed by atoms with E-state index < -0.39 is 0 Å². The van der Waals surface area contributed by atoms with E-state index >= 15 is 0 Å². The first-order chi connectivity index (χ1) is 9.04. The van der Waals surface area contributed by atoms with Crippen LogP contribution in [0.1, 0.15) is 40.0 Å². The molecule has 0 aromatic carbocycles. The number of hydrogen-bond acceptors (Lipinski definition) is 4. The summed E-state index contributed by atoms with van der Waals surface area (Å²) in [5.41, 5.74) is 2.28. The maximum atomic E-state index is 11.7. The molecular weight excluding hydrogens is 240 g/mol. The number of fused-ring (bicyclic) bond motifs is 1. The quantitative estimate of drug-likeness (QED) is 0.446. The molecule has 2 fully saturated rings. The van der Waals surface area contributed by atoms with Crippen molar-refractivity contribution in [2.45, 2.75) is 58.2 Å². The van der Waals surface area contributed by atoms with E-state index in [1.165, 1.54) is 25.8 Å². The molecule has 0 saturated carbocycles. The van der Waals surface area contributed by atoms with E-state index in [4.69, 9.17) is 5.84 Å². The fourth-order valence-electron chi connectivity index (χ4n) is 3.58. The van der Waals surface area contributed by atoms with Crippen molar-refractivity contribution in [2.75, 3.05) is 19.6 Å². The first-order valence-electron chi connectivity index (χ1n) is 7.54. The monoisotopic (exact) mass is 268 g/mol. The van der Waals surface area contributed by atoms with Crippen molar-refractivity contribution in [1.29, 1.82) is 0 Å². The average molecular weight is 268 g/mol. The van der Waals surface area contributed by atoms with Gasteiger partial charge in [-0.2, -0.15) is 0 Å². The zero-order valence-electron chi connectivity index (χ0n) is 12.4. The topological polar surface area (TPSA) is 61.6 Å². The SMILES string of the molecule is CC(C(=O)NN)C(C)N1CC2CCCCN2CC1C. The van der Waals surface area contributed by atoms with Gasteiger partial charge in [-0.05, 0) is 33.2 Å². The summed E-state index contributed by atoms with van der Waals surface area (Å²) in [6.45, 7) is 9.85. The van der Waals surface area contributed by atoms with Gasteiger partial charge in [0, 0.05) is 31.2 Å². The van der Waals surface area contributed by atoms with E-state index in [0.29, 0.717) is 12.1 Å². The highest BCUT2D eigenvalue weighted by Crippen LogP contribution is 2.27.